The van der Waals surface area contributed by atoms with Crippen LogP contribution in [-0.2, 0) is 19.3 Å². The van der Waals surface area contributed by atoms with Crippen molar-refractivity contribution in [3.05, 3.63) is 125 Å². The van der Waals surface area contributed by atoms with Crippen LogP contribution in [0.4, 0.5) is 4.39 Å². The molecule has 0 nitrogen and oxygen atoms in total. The van der Waals surface area contributed by atoms with Gasteiger partial charge in [0.25, 0.3) is 0 Å². The van der Waals surface area contributed by atoms with Crippen molar-refractivity contribution < 1.29 is 4.39 Å². The maximum atomic E-state index is 14.4. The normalized spacial score (nSPS) is 16.3. The smallest absolute Gasteiger partial charge is 0.126 e. The van der Waals surface area contributed by atoms with Crippen LogP contribution in [-0.4, -0.2) is 0 Å². The van der Waals surface area contributed by atoms with E-state index in [0.29, 0.717) is 12.3 Å². The fraction of sp³-hybridized carbons (Fsp3) is 0.312. The maximum Gasteiger partial charge on any atom is 0.126 e. The van der Waals surface area contributed by atoms with Crippen LogP contribution < -0.4 is 0 Å². The molecule has 1 aliphatic rings. The summed E-state index contributed by atoms with van der Waals surface area (Å²) in [7, 11) is 0. The van der Waals surface area contributed by atoms with Crippen molar-refractivity contribution in [3.63, 3.8) is 0 Å². The van der Waals surface area contributed by atoms with Gasteiger partial charge in [-0.3, -0.25) is 0 Å². The summed E-state index contributed by atoms with van der Waals surface area (Å²) in [5, 5.41) is 0. The molecule has 0 N–H and O–H groups in total. The number of halogens is 1. The first-order valence-corrected chi connectivity index (χ1v) is 12.3. The van der Waals surface area contributed by atoms with Crippen LogP contribution in [0, 0.1) is 11.7 Å². The zero-order valence-electron chi connectivity index (χ0n) is 20.1. The van der Waals surface area contributed by atoms with Gasteiger partial charge in [0.05, 0.1) is 0 Å². The summed E-state index contributed by atoms with van der Waals surface area (Å²) in [5.74, 6) is 0.563. The Bertz CT molecular complexity index is 1010. The number of hydrogen-bond donors (Lipinski definition) is 0. The van der Waals surface area contributed by atoms with Crippen LogP contribution in [0.15, 0.2) is 97.1 Å². The summed E-state index contributed by atoms with van der Waals surface area (Å²) in [6.07, 6.45) is 26.6. The molecule has 0 heterocycles. The van der Waals surface area contributed by atoms with E-state index < -0.39 is 0 Å². The number of aryl methyl sites for hydroxylation is 1. The molecule has 3 rings (SSSR count). The molecule has 1 heteroatoms. The molecule has 0 aliphatic heterocycles. The van der Waals surface area contributed by atoms with Gasteiger partial charge in [0, 0.05) is 0 Å². The zero-order chi connectivity index (χ0) is 23.3. The average molecular weight is 441 g/mol. The van der Waals surface area contributed by atoms with E-state index in [1.54, 1.807) is 6.07 Å². The molecule has 0 spiro atoms. The highest BCUT2D eigenvalue weighted by Gasteiger charge is 2.09. The highest BCUT2D eigenvalue weighted by Crippen LogP contribution is 2.27. The second kappa shape index (κ2) is 13.6. The third kappa shape index (κ3) is 8.17. The Hall–Kier alpha value is -2.93. The van der Waals surface area contributed by atoms with E-state index in [-0.39, 0.29) is 5.82 Å². The predicted octanol–water partition coefficient (Wildman–Crippen LogP) is 8.99. The van der Waals surface area contributed by atoms with Gasteiger partial charge in [0.1, 0.15) is 5.82 Å². The molecule has 0 saturated heterocycles. The molecule has 0 radical (unpaired) electrons. The standard InChI is InChI=1S/C32H37F/c1-3-5-7-11-26-15-20-29(21-16-26)30-22-17-27(18-23-30)12-9-10-14-31-24-19-28(25-32(31)33)13-8-6-4-2/h3-6,9-10,15,17-26H,7-8,11-14,16H2,1-2H3/b5-3+,6-4+,10-9+. The van der Waals surface area contributed by atoms with Gasteiger partial charge < -0.3 is 0 Å². The first-order chi connectivity index (χ1) is 16.2. The summed E-state index contributed by atoms with van der Waals surface area (Å²) >= 11 is 0. The molecule has 172 valence electrons. The molecular formula is C32H37F. The van der Waals surface area contributed by atoms with Gasteiger partial charge in [-0.2, -0.15) is 0 Å². The topological polar surface area (TPSA) is 0 Å². The van der Waals surface area contributed by atoms with E-state index >= 15 is 0 Å². The van der Waals surface area contributed by atoms with Crippen molar-refractivity contribution in [2.24, 2.45) is 5.92 Å². The van der Waals surface area contributed by atoms with Gasteiger partial charge in [0.15, 0.2) is 0 Å². The van der Waals surface area contributed by atoms with Gasteiger partial charge in [-0.25, -0.2) is 4.39 Å². The Morgan fingerprint density at radius 1 is 0.848 bits per heavy atom. The van der Waals surface area contributed by atoms with Gasteiger partial charge in [-0.1, -0.05) is 91.1 Å². The lowest BCUT2D eigenvalue weighted by atomic mass is 9.90. The summed E-state index contributed by atoms with van der Waals surface area (Å²) in [6, 6.07) is 14.5. The van der Waals surface area contributed by atoms with E-state index in [2.05, 4.69) is 79.8 Å². The Labute approximate surface area is 199 Å². The van der Waals surface area contributed by atoms with Crippen LogP contribution in [0.25, 0.3) is 5.57 Å². The van der Waals surface area contributed by atoms with Gasteiger partial charge >= 0.3 is 0 Å². The zero-order valence-corrected chi connectivity index (χ0v) is 20.1. The van der Waals surface area contributed by atoms with E-state index in [0.717, 1.165) is 43.2 Å². The van der Waals surface area contributed by atoms with Crippen LogP contribution in [0.2, 0.25) is 0 Å². The van der Waals surface area contributed by atoms with Crippen LogP contribution in [0.3, 0.4) is 0 Å². The SMILES string of the molecule is C/C=C/CCc1ccc(C/C=C/Cc2ccc(C3=CCC(CC/C=C/C)C=C3)cc2)c(F)c1. The lowest BCUT2D eigenvalue weighted by molar-refractivity contribution is 0.603. The lowest BCUT2D eigenvalue weighted by Crippen LogP contribution is -1.99. The predicted molar refractivity (Wildman–Crippen MR) is 142 cm³/mol. The highest BCUT2D eigenvalue weighted by molar-refractivity contribution is 5.75. The summed E-state index contributed by atoms with van der Waals surface area (Å²) in [5.41, 5.74) is 5.70. The molecule has 2 aromatic rings. The number of rotatable bonds is 11. The Morgan fingerprint density at radius 3 is 2.27 bits per heavy atom. The van der Waals surface area contributed by atoms with Gasteiger partial charge in [-0.05, 0) is 98.6 Å². The number of benzene rings is 2. The van der Waals surface area contributed by atoms with Crippen molar-refractivity contribution in [1.29, 1.82) is 0 Å². The lowest BCUT2D eigenvalue weighted by Gasteiger charge is -2.15. The molecule has 1 aliphatic carbocycles. The molecule has 33 heavy (non-hydrogen) atoms. The second-order valence-electron chi connectivity index (χ2n) is 8.77. The van der Waals surface area contributed by atoms with E-state index in [4.69, 9.17) is 0 Å². The first kappa shape index (κ1) is 24.7. The molecule has 0 bridgehead atoms. The van der Waals surface area contributed by atoms with Crippen molar-refractivity contribution in [2.75, 3.05) is 0 Å². The van der Waals surface area contributed by atoms with E-state index in [1.165, 1.54) is 23.1 Å². The van der Waals surface area contributed by atoms with E-state index in [9.17, 15) is 4.39 Å². The summed E-state index contributed by atoms with van der Waals surface area (Å²) < 4.78 is 14.4. The first-order valence-electron chi connectivity index (χ1n) is 12.3. The van der Waals surface area contributed by atoms with Crippen LogP contribution >= 0.6 is 0 Å². The number of hydrogen-bond acceptors (Lipinski definition) is 0. The van der Waals surface area contributed by atoms with E-state index in [1.807, 2.05) is 25.1 Å². The summed E-state index contributed by atoms with van der Waals surface area (Å²) in [6.45, 7) is 4.10. The monoisotopic (exact) mass is 440 g/mol. The second-order valence-corrected chi connectivity index (χ2v) is 8.77. The minimum absolute atomic E-state index is 0.0974. The third-order valence-corrected chi connectivity index (χ3v) is 6.23. The molecule has 1 atom stereocenters. The minimum Gasteiger partial charge on any atom is -0.207 e. The van der Waals surface area contributed by atoms with Crippen molar-refractivity contribution in [2.45, 2.75) is 58.8 Å². The Morgan fingerprint density at radius 2 is 1.58 bits per heavy atom. The highest BCUT2D eigenvalue weighted by atomic mass is 19.1. The molecule has 0 saturated carbocycles. The minimum atomic E-state index is -0.0974. The van der Waals surface area contributed by atoms with Crippen molar-refractivity contribution >= 4 is 5.57 Å². The quantitative estimate of drug-likeness (QED) is 0.306. The van der Waals surface area contributed by atoms with Crippen LogP contribution in [0.5, 0.6) is 0 Å². The van der Waals surface area contributed by atoms with Crippen molar-refractivity contribution in [3.8, 4) is 0 Å². The fourth-order valence-corrected chi connectivity index (χ4v) is 4.16. The molecule has 1 unspecified atom stereocenters. The van der Waals surface area contributed by atoms with Gasteiger partial charge in [-0.15, -0.1) is 0 Å². The van der Waals surface area contributed by atoms with Crippen LogP contribution in [0.1, 0.15) is 61.8 Å². The Kier molecular flexibility index (Phi) is 10.2. The van der Waals surface area contributed by atoms with Gasteiger partial charge in [0.2, 0.25) is 0 Å². The summed E-state index contributed by atoms with van der Waals surface area (Å²) in [4.78, 5) is 0. The Balaban J connectivity index is 1.46. The maximum absolute atomic E-state index is 14.4. The molecule has 0 amide bonds. The van der Waals surface area contributed by atoms with Crippen molar-refractivity contribution in [1.82, 2.24) is 0 Å². The molecule has 0 aromatic heterocycles. The third-order valence-electron chi connectivity index (χ3n) is 6.23. The molecule has 0 fully saturated rings. The average Bonchev–Trinajstić information content (AvgIpc) is 2.84. The molecule has 2 aromatic carbocycles. The number of allylic oxidation sites excluding steroid dienone is 10. The molecular weight excluding hydrogens is 403 g/mol. The fourth-order valence-electron chi connectivity index (χ4n) is 4.16. The largest absolute Gasteiger partial charge is 0.207 e.